The molecular formula is C25H26FN5O2. The first-order valence-electron chi connectivity index (χ1n) is 10.5. The Balaban J connectivity index is 1.98. The van der Waals surface area contributed by atoms with Gasteiger partial charge in [-0.2, -0.15) is 0 Å². The number of halogens is 1. The monoisotopic (exact) mass is 447 g/mol. The lowest BCUT2D eigenvalue weighted by Crippen LogP contribution is -2.24. The highest BCUT2D eigenvalue weighted by Crippen LogP contribution is 2.24. The van der Waals surface area contributed by atoms with Gasteiger partial charge in [0, 0.05) is 40.8 Å². The maximum Gasteiger partial charge on any atom is 0.274 e. The number of aliphatic imine (C=N–C) groups is 1. The van der Waals surface area contributed by atoms with E-state index in [-0.39, 0.29) is 12.2 Å². The predicted molar refractivity (Wildman–Crippen MR) is 132 cm³/mol. The molecule has 7 nitrogen and oxygen atoms in total. The average molecular weight is 448 g/mol. The number of benzene rings is 3. The smallest absolute Gasteiger partial charge is 0.274 e. The van der Waals surface area contributed by atoms with Gasteiger partial charge in [0.1, 0.15) is 11.7 Å². The molecule has 0 aliphatic rings. The van der Waals surface area contributed by atoms with Gasteiger partial charge in [-0.15, -0.1) is 0 Å². The average Bonchev–Trinajstić information content (AvgIpc) is 2.81. The van der Waals surface area contributed by atoms with E-state index >= 15 is 0 Å². The summed E-state index contributed by atoms with van der Waals surface area (Å²) in [6, 6.07) is 18.0. The van der Waals surface area contributed by atoms with Crippen LogP contribution in [0.5, 0.6) is 0 Å². The van der Waals surface area contributed by atoms with Crippen molar-refractivity contribution in [1.82, 2.24) is 5.32 Å². The Bertz CT molecular complexity index is 1190. The third-order valence-electron chi connectivity index (χ3n) is 4.95. The third-order valence-corrected chi connectivity index (χ3v) is 4.95. The van der Waals surface area contributed by atoms with Gasteiger partial charge in [0.05, 0.1) is 17.0 Å². The summed E-state index contributed by atoms with van der Waals surface area (Å²) in [4.78, 5) is 15.5. The third kappa shape index (κ3) is 5.94. The molecule has 0 spiro atoms. The van der Waals surface area contributed by atoms with E-state index in [1.54, 1.807) is 42.5 Å². The summed E-state index contributed by atoms with van der Waals surface area (Å²) in [5.74, 6) is -0.0189. The Morgan fingerprint density at radius 3 is 2.58 bits per heavy atom. The highest BCUT2D eigenvalue weighted by atomic mass is 19.1. The Kier molecular flexibility index (Phi) is 7.75. The zero-order valence-corrected chi connectivity index (χ0v) is 18.3. The summed E-state index contributed by atoms with van der Waals surface area (Å²) in [7, 11) is 0. The van der Waals surface area contributed by atoms with Crippen LogP contribution < -0.4 is 16.4 Å². The summed E-state index contributed by atoms with van der Waals surface area (Å²) in [6.45, 7) is 6.88. The minimum Gasteiger partial charge on any atom is -0.398 e. The molecule has 0 fully saturated rings. The van der Waals surface area contributed by atoms with Crippen LogP contribution in [0.3, 0.4) is 0 Å². The van der Waals surface area contributed by atoms with Gasteiger partial charge in [-0.25, -0.2) is 4.39 Å². The molecule has 0 amide bonds. The molecule has 3 rings (SSSR count). The maximum absolute atomic E-state index is 14.0. The summed E-state index contributed by atoms with van der Waals surface area (Å²) < 4.78 is 14.0. The van der Waals surface area contributed by atoms with Crippen molar-refractivity contribution in [3.63, 3.8) is 0 Å². The van der Waals surface area contributed by atoms with Crippen molar-refractivity contribution in [2.24, 2.45) is 4.99 Å². The molecule has 8 heteroatoms. The number of anilines is 2. The molecule has 0 aromatic heterocycles. The van der Waals surface area contributed by atoms with Crippen molar-refractivity contribution in [2.45, 2.75) is 19.9 Å². The number of amidine groups is 1. The van der Waals surface area contributed by atoms with Crippen LogP contribution >= 0.6 is 0 Å². The van der Waals surface area contributed by atoms with E-state index < -0.39 is 10.7 Å². The molecule has 0 unspecified atom stereocenters. The number of hydrogen-bond donors (Lipinski definition) is 3. The number of rotatable bonds is 9. The van der Waals surface area contributed by atoms with E-state index in [4.69, 9.17) is 5.73 Å². The topological polar surface area (TPSA) is 106 Å². The molecule has 33 heavy (non-hydrogen) atoms. The number of nitrogens with one attached hydrogen (secondary N) is 2. The van der Waals surface area contributed by atoms with Crippen molar-refractivity contribution in [2.75, 3.05) is 17.6 Å². The number of nitrogens with zero attached hydrogens (tertiary/aromatic N) is 2. The van der Waals surface area contributed by atoms with E-state index in [9.17, 15) is 14.5 Å². The standard InChI is InChI=1S/C25H26FN5O2/c1-3-14-28-23-13-12-19(26)15-21(23)17(2)30-25(20-9-5-6-10-22(20)27)29-16-18-8-4-7-11-24(18)31(32)33/h4-13,15,28H,2-3,14,16,27H2,1H3,(H,29,30). The van der Waals surface area contributed by atoms with Gasteiger partial charge in [0.2, 0.25) is 0 Å². The van der Waals surface area contributed by atoms with Crippen LogP contribution in [0.4, 0.5) is 21.5 Å². The Labute approximate surface area is 192 Å². The second-order valence-electron chi connectivity index (χ2n) is 7.36. The molecule has 0 bridgehead atoms. The number of hydrogen-bond acceptors (Lipinski definition) is 5. The quantitative estimate of drug-likeness (QED) is 0.135. The Hall–Kier alpha value is -4.20. The van der Waals surface area contributed by atoms with Crippen molar-refractivity contribution < 1.29 is 9.31 Å². The van der Waals surface area contributed by atoms with E-state index in [0.29, 0.717) is 33.9 Å². The fourth-order valence-electron chi connectivity index (χ4n) is 3.28. The highest BCUT2D eigenvalue weighted by molar-refractivity contribution is 6.07. The molecule has 0 radical (unpaired) electrons. The van der Waals surface area contributed by atoms with E-state index in [1.807, 2.05) is 13.0 Å². The van der Waals surface area contributed by atoms with Crippen LogP contribution in [0, 0.1) is 15.9 Å². The lowest BCUT2D eigenvalue weighted by Gasteiger charge is -2.18. The second-order valence-corrected chi connectivity index (χ2v) is 7.36. The van der Waals surface area contributed by atoms with Gasteiger partial charge in [-0.3, -0.25) is 15.1 Å². The highest BCUT2D eigenvalue weighted by Gasteiger charge is 2.15. The lowest BCUT2D eigenvalue weighted by atomic mass is 10.1. The number of nitrogen functional groups attached to an aromatic ring is 1. The molecule has 0 saturated carbocycles. The van der Waals surface area contributed by atoms with Crippen LogP contribution in [0.25, 0.3) is 5.70 Å². The van der Waals surface area contributed by atoms with Crippen LogP contribution in [0.2, 0.25) is 0 Å². The summed E-state index contributed by atoms with van der Waals surface area (Å²) in [6.07, 6.45) is 0.903. The van der Waals surface area contributed by atoms with Crippen LogP contribution in [0.1, 0.15) is 30.0 Å². The fourth-order valence-corrected chi connectivity index (χ4v) is 3.28. The number of nitro benzene ring substituents is 1. The van der Waals surface area contributed by atoms with Crippen molar-refractivity contribution in [1.29, 1.82) is 0 Å². The minimum absolute atomic E-state index is 0.0170. The normalized spacial score (nSPS) is 11.2. The van der Waals surface area contributed by atoms with Crippen molar-refractivity contribution in [3.8, 4) is 0 Å². The van der Waals surface area contributed by atoms with Crippen LogP contribution in [0.15, 0.2) is 78.3 Å². The maximum atomic E-state index is 14.0. The van der Waals surface area contributed by atoms with E-state index in [2.05, 4.69) is 22.2 Å². The number of para-hydroxylation sites is 2. The second kappa shape index (κ2) is 10.9. The summed E-state index contributed by atoms with van der Waals surface area (Å²) >= 11 is 0. The zero-order chi connectivity index (χ0) is 23.8. The minimum atomic E-state index is -0.438. The Morgan fingerprint density at radius 2 is 1.85 bits per heavy atom. The largest absolute Gasteiger partial charge is 0.398 e. The first-order chi connectivity index (χ1) is 15.9. The van der Waals surface area contributed by atoms with Gasteiger partial charge >= 0.3 is 0 Å². The van der Waals surface area contributed by atoms with E-state index in [0.717, 1.165) is 18.7 Å². The molecular weight excluding hydrogens is 421 g/mol. The fraction of sp³-hybridized carbons (Fsp3) is 0.160. The number of nitro groups is 1. The molecule has 0 aliphatic carbocycles. The summed E-state index contributed by atoms with van der Waals surface area (Å²) in [5, 5.41) is 17.8. The van der Waals surface area contributed by atoms with Gasteiger partial charge in [-0.05, 0) is 36.8 Å². The van der Waals surface area contributed by atoms with Gasteiger partial charge in [0.25, 0.3) is 5.69 Å². The van der Waals surface area contributed by atoms with Crippen molar-refractivity contribution >= 4 is 28.6 Å². The predicted octanol–water partition coefficient (Wildman–Crippen LogP) is 5.35. The Morgan fingerprint density at radius 1 is 1.12 bits per heavy atom. The molecule has 0 heterocycles. The molecule has 3 aromatic rings. The zero-order valence-electron chi connectivity index (χ0n) is 18.3. The van der Waals surface area contributed by atoms with E-state index in [1.165, 1.54) is 18.2 Å². The molecule has 0 atom stereocenters. The lowest BCUT2D eigenvalue weighted by molar-refractivity contribution is -0.385. The van der Waals surface area contributed by atoms with Gasteiger partial charge < -0.3 is 16.4 Å². The number of nitrogens with two attached hydrogens (primary N) is 1. The molecule has 0 saturated heterocycles. The molecule has 3 aromatic carbocycles. The SMILES string of the molecule is C=C(NC(=NCc1ccccc1[N+](=O)[O-])c1ccccc1N)c1cc(F)ccc1NCCC. The first-order valence-corrected chi connectivity index (χ1v) is 10.5. The van der Waals surface area contributed by atoms with Gasteiger partial charge in [-0.1, -0.05) is 43.8 Å². The van der Waals surface area contributed by atoms with Gasteiger partial charge in [0.15, 0.2) is 0 Å². The first kappa shape index (κ1) is 23.5. The van der Waals surface area contributed by atoms with Crippen LogP contribution in [-0.2, 0) is 6.54 Å². The molecule has 0 aliphatic heterocycles. The molecule has 170 valence electrons. The van der Waals surface area contributed by atoms with Crippen molar-refractivity contribution in [3.05, 3.63) is 106 Å². The summed E-state index contributed by atoms with van der Waals surface area (Å²) in [5.41, 5.74) is 9.39. The van der Waals surface area contributed by atoms with Crippen LogP contribution in [-0.4, -0.2) is 17.3 Å². The molecule has 4 N–H and O–H groups in total.